The first-order chi connectivity index (χ1) is 22.4. The number of nitrogens with two attached hydrogens (primary N) is 4. The van der Waals surface area contributed by atoms with Gasteiger partial charge in [-0.05, 0) is 26.3 Å². The van der Waals surface area contributed by atoms with E-state index in [9.17, 15) is 50.2 Å². The zero-order valence-corrected chi connectivity index (χ0v) is 26.9. The summed E-state index contributed by atoms with van der Waals surface area (Å²) in [5.41, 5.74) is 23.1. The second kappa shape index (κ2) is 17.4. The van der Waals surface area contributed by atoms with E-state index in [2.05, 4.69) is 10.1 Å². The zero-order chi connectivity index (χ0) is 36.2. The SMILES string of the molecule is C[C@@H]1O[C@@H]1P(=O)(O)O.NCC[C@H](O)C(=O)N[C@@H]1C[C@H](N)[C@@H](O[C@H]2O[C@H](CN)[C@@H](O)[C@H](O)[C@H]2O)[C@H](O)[C@H]1O[C@H]1O[C@H](CO)[C@@H](O)[C@H](N)[C@H]1O. The molecule has 23 heteroatoms. The Morgan fingerprint density at radius 2 is 1.44 bits per heavy atom. The molecule has 0 unspecified atom stereocenters. The van der Waals surface area contributed by atoms with Gasteiger partial charge >= 0.3 is 7.60 Å². The van der Waals surface area contributed by atoms with Crippen LogP contribution < -0.4 is 28.3 Å². The molecule has 1 aliphatic carbocycles. The van der Waals surface area contributed by atoms with Crippen molar-refractivity contribution in [3.63, 3.8) is 0 Å². The van der Waals surface area contributed by atoms with Gasteiger partial charge in [-0.1, -0.05) is 0 Å². The predicted molar refractivity (Wildman–Crippen MR) is 158 cm³/mol. The van der Waals surface area contributed by atoms with Gasteiger partial charge in [0.2, 0.25) is 5.91 Å². The quantitative estimate of drug-likeness (QED) is 0.0695. The fourth-order valence-electron chi connectivity index (χ4n) is 5.59. The minimum absolute atomic E-state index is 0.0101. The molecule has 0 spiro atoms. The normalized spacial score (nSPS) is 45.4. The number of epoxide rings is 1. The van der Waals surface area contributed by atoms with Crippen LogP contribution in [0, 0.1) is 0 Å². The highest BCUT2D eigenvalue weighted by Gasteiger charge is 2.53. The highest BCUT2D eigenvalue weighted by atomic mass is 31.2. The standard InChI is InChI=1S/C22H43N5O13.C3H7O4P/c23-2-1-8(29)20(36)27-7-3-6(25)18(39-22-16(34)15(33)13(31)9(4-24)37-22)17(35)19(7)40-21-14(32)11(26)12(30)10(5-28)38-21;1-2-3(7-2)8(4,5)6/h6-19,21-22,28-35H,1-5,23-26H2,(H,27,36);2-3H,1H3,(H2,4,5,6)/t6-,7+,8-,9+,10+,11-,12+,13+,14+,15-,16+,17-,18+,19-,21+,22+;2-,3+/m00/s1. The molecule has 22 nitrogen and oxygen atoms in total. The van der Waals surface area contributed by atoms with Crippen molar-refractivity contribution in [2.24, 2.45) is 22.9 Å². The molecule has 4 fully saturated rings. The molecule has 0 aromatic rings. The summed E-state index contributed by atoms with van der Waals surface area (Å²) in [6.07, 6.45) is -20.1. The maximum absolute atomic E-state index is 12.6. The summed E-state index contributed by atoms with van der Waals surface area (Å²) in [6, 6.07) is -3.45. The lowest BCUT2D eigenvalue weighted by molar-refractivity contribution is -0.332. The molecular weight excluding hydrogens is 673 g/mol. The van der Waals surface area contributed by atoms with Crippen molar-refractivity contribution in [1.82, 2.24) is 5.32 Å². The van der Waals surface area contributed by atoms with E-state index < -0.39 is 124 Å². The number of ether oxygens (including phenoxy) is 5. The molecule has 1 saturated carbocycles. The van der Waals surface area contributed by atoms with Crippen LogP contribution in [0.1, 0.15) is 19.8 Å². The van der Waals surface area contributed by atoms with Crippen molar-refractivity contribution in [1.29, 1.82) is 0 Å². The van der Waals surface area contributed by atoms with Crippen LogP contribution in [0.15, 0.2) is 0 Å². The van der Waals surface area contributed by atoms with Gasteiger partial charge in [0.25, 0.3) is 0 Å². The molecule has 282 valence electrons. The van der Waals surface area contributed by atoms with E-state index in [0.29, 0.717) is 0 Å². The number of amides is 1. The van der Waals surface area contributed by atoms with Crippen molar-refractivity contribution in [3.8, 4) is 0 Å². The van der Waals surface area contributed by atoms with E-state index in [-0.39, 0.29) is 32.0 Å². The lowest BCUT2D eigenvalue weighted by Gasteiger charge is -2.49. The van der Waals surface area contributed by atoms with Gasteiger partial charge in [0.15, 0.2) is 18.4 Å². The van der Waals surface area contributed by atoms with Crippen molar-refractivity contribution >= 4 is 13.5 Å². The second-order valence-electron chi connectivity index (χ2n) is 12.2. The number of rotatable bonds is 11. The molecule has 18 atom stereocenters. The zero-order valence-electron chi connectivity index (χ0n) is 26.0. The fraction of sp³-hybridized carbons (Fsp3) is 0.960. The van der Waals surface area contributed by atoms with Gasteiger partial charge in [0, 0.05) is 12.6 Å². The van der Waals surface area contributed by atoms with Crippen molar-refractivity contribution < 1.29 is 83.7 Å². The van der Waals surface area contributed by atoms with Gasteiger partial charge in [-0.15, -0.1) is 0 Å². The van der Waals surface area contributed by atoms with E-state index in [1.807, 2.05) is 0 Å². The first kappa shape index (κ1) is 41.4. The maximum Gasteiger partial charge on any atom is 0.356 e. The molecule has 19 N–H and O–H groups in total. The van der Waals surface area contributed by atoms with Gasteiger partial charge < -0.3 is 103 Å². The molecule has 3 saturated heterocycles. The summed E-state index contributed by atoms with van der Waals surface area (Å²) in [4.78, 5) is 29.2. The average molecular weight is 724 g/mol. The first-order valence-corrected chi connectivity index (χ1v) is 17.0. The molecule has 0 aromatic heterocycles. The number of hydrogen-bond acceptors (Lipinski definition) is 19. The van der Waals surface area contributed by atoms with Crippen molar-refractivity contribution in [2.45, 2.75) is 130 Å². The van der Waals surface area contributed by atoms with Crippen LogP contribution in [0.5, 0.6) is 0 Å². The first-order valence-electron chi connectivity index (χ1n) is 15.3. The summed E-state index contributed by atoms with van der Waals surface area (Å²) in [6.45, 7) is 0.730. The lowest BCUT2D eigenvalue weighted by Crippen LogP contribution is -2.69. The third kappa shape index (κ3) is 9.83. The number of carbonyl (C=O) groups is 1. The maximum atomic E-state index is 12.6. The van der Waals surface area contributed by atoms with Crippen LogP contribution in [-0.2, 0) is 33.0 Å². The number of carbonyl (C=O) groups excluding carboxylic acids is 1. The van der Waals surface area contributed by atoms with Gasteiger partial charge in [-0.2, -0.15) is 0 Å². The molecule has 0 aromatic carbocycles. The van der Waals surface area contributed by atoms with E-state index >= 15 is 0 Å². The number of aliphatic hydroxyl groups excluding tert-OH is 8. The minimum Gasteiger partial charge on any atom is -0.394 e. The van der Waals surface area contributed by atoms with Crippen LogP contribution in [0.2, 0.25) is 0 Å². The second-order valence-corrected chi connectivity index (χ2v) is 13.8. The minimum atomic E-state index is -3.90. The summed E-state index contributed by atoms with van der Waals surface area (Å²) in [5, 5.41) is 84.9. The topological polar surface area (TPSA) is 402 Å². The number of nitrogens with one attached hydrogen (secondary N) is 1. The molecule has 0 bridgehead atoms. The van der Waals surface area contributed by atoms with Gasteiger partial charge in [0.05, 0.1) is 24.8 Å². The molecule has 0 radical (unpaired) electrons. The van der Waals surface area contributed by atoms with Crippen LogP contribution in [-0.4, -0.2) is 186 Å². The third-order valence-corrected chi connectivity index (χ3v) is 9.72. The summed E-state index contributed by atoms with van der Waals surface area (Å²) < 4.78 is 37.2. The Morgan fingerprint density at radius 3 is 1.94 bits per heavy atom. The van der Waals surface area contributed by atoms with Crippen LogP contribution in [0.4, 0.5) is 0 Å². The highest BCUT2D eigenvalue weighted by Crippen LogP contribution is 2.52. The smallest absolute Gasteiger partial charge is 0.356 e. The van der Waals surface area contributed by atoms with Gasteiger partial charge in [0.1, 0.15) is 67.1 Å². The Morgan fingerprint density at radius 1 is 0.875 bits per heavy atom. The van der Waals surface area contributed by atoms with Crippen LogP contribution >= 0.6 is 7.60 Å². The summed E-state index contributed by atoms with van der Waals surface area (Å²) in [5.74, 6) is -1.66. The van der Waals surface area contributed by atoms with Crippen LogP contribution in [0.25, 0.3) is 0 Å². The Kier molecular flexibility index (Phi) is 15.0. The largest absolute Gasteiger partial charge is 0.394 e. The van der Waals surface area contributed by atoms with Gasteiger partial charge in [-0.25, -0.2) is 0 Å². The van der Waals surface area contributed by atoms with Crippen molar-refractivity contribution in [3.05, 3.63) is 0 Å². The van der Waals surface area contributed by atoms with Gasteiger partial charge in [-0.3, -0.25) is 9.36 Å². The summed E-state index contributed by atoms with van der Waals surface area (Å²) >= 11 is 0. The fourth-order valence-corrected chi connectivity index (χ4v) is 6.49. The molecule has 48 heavy (non-hydrogen) atoms. The molecule has 4 aliphatic rings. The predicted octanol–water partition coefficient (Wildman–Crippen LogP) is -8.52. The highest BCUT2D eigenvalue weighted by molar-refractivity contribution is 7.52. The average Bonchev–Trinajstić information content (AvgIpc) is 3.78. The molecule has 4 rings (SSSR count). The summed E-state index contributed by atoms with van der Waals surface area (Å²) in [7, 11) is -3.90. The van der Waals surface area contributed by atoms with E-state index in [4.69, 9.17) is 51.7 Å². The molecule has 3 aliphatic heterocycles. The molecule has 3 heterocycles. The van der Waals surface area contributed by atoms with E-state index in [1.54, 1.807) is 6.92 Å². The van der Waals surface area contributed by atoms with Crippen molar-refractivity contribution in [2.75, 3.05) is 19.7 Å². The van der Waals surface area contributed by atoms with E-state index in [1.165, 1.54) is 0 Å². The Balaban J connectivity index is 0.000000681. The Bertz CT molecular complexity index is 1080. The monoisotopic (exact) mass is 723 g/mol. The lowest BCUT2D eigenvalue weighted by atomic mass is 9.83. The third-order valence-electron chi connectivity index (χ3n) is 8.52. The number of hydrogen-bond donors (Lipinski definition) is 15. The number of aliphatic hydroxyl groups is 8. The molecular formula is C25H50N5O17P. The van der Waals surface area contributed by atoms with E-state index in [0.717, 1.165) is 0 Å². The Hall–Kier alpha value is -1.06. The van der Waals surface area contributed by atoms with Crippen LogP contribution in [0.3, 0.4) is 0 Å². The molecule has 1 amide bonds. The Labute approximate surface area is 275 Å².